The third-order valence-corrected chi connectivity index (χ3v) is 23.2. The van der Waals surface area contributed by atoms with Gasteiger partial charge in [0.2, 0.25) is 5.78 Å². The van der Waals surface area contributed by atoms with Crippen LogP contribution in [0.2, 0.25) is 72.5 Å². The average molecular weight is 633 g/mol. The van der Waals surface area contributed by atoms with Crippen molar-refractivity contribution in [2.24, 2.45) is 0 Å². The van der Waals surface area contributed by atoms with Crippen molar-refractivity contribution in [3.05, 3.63) is 22.3 Å². The maximum atomic E-state index is 14.4. The maximum Gasteiger partial charge on any atom is 0.212 e. The summed E-state index contributed by atoms with van der Waals surface area (Å²) in [5, 5.41) is 0. The highest BCUT2D eigenvalue weighted by molar-refractivity contribution is 6.91. The monoisotopic (exact) mass is 632 g/mol. The van der Waals surface area contributed by atoms with Crippen molar-refractivity contribution < 1.29 is 4.79 Å². The van der Waals surface area contributed by atoms with Crippen LogP contribution < -0.4 is 0 Å². The van der Waals surface area contributed by atoms with E-state index in [2.05, 4.69) is 168 Å². The summed E-state index contributed by atoms with van der Waals surface area (Å²) in [7, 11) is -7.59. The Labute approximate surface area is 265 Å². The molecule has 230 valence electrons. The standard InChI is InChI=1S/C37H60OSi4/c1-27(2)41(28(3)4,29(5)6)25-21-35-33(19-23-39(13,14)15)34(20-24-40(16,17)18)36(37(35)38)22-26-42(30(7)8,31(9)10)32(11)12/h27-32H,1-18H3. The summed E-state index contributed by atoms with van der Waals surface area (Å²) in [5.74, 6) is 14.0. The Morgan fingerprint density at radius 2 is 0.595 bits per heavy atom. The van der Waals surface area contributed by atoms with Crippen LogP contribution >= 0.6 is 0 Å². The molecule has 0 heterocycles. The van der Waals surface area contributed by atoms with E-state index in [9.17, 15) is 4.79 Å². The minimum atomic E-state index is -2.06. The fourth-order valence-electron chi connectivity index (χ4n) is 6.80. The van der Waals surface area contributed by atoms with E-state index in [-0.39, 0.29) is 5.78 Å². The Bertz CT molecular complexity index is 1190. The summed E-state index contributed by atoms with van der Waals surface area (Å²) in [6, 6.07) is 0. The molecule has 0 bridgehead atoms. The Morgan fingerprint density at radius 3 is 0.786 bits per heavy atom. The molecular formula is C37H60OSi4. The highest BCUT2D eigenvalue weighted by Crippen LogP contribution is 2.42. The number of allylic oxidation sites excluding steroid dienone is 4. The number of Topliss-reactive ketones (excluding diaryl/α,β-unsaturated/α-hetero) is 1. The number of carbonyl (C=O) groups is 1. The Morgan fingerprint density at radius 1 is 0.381 bits per heavy atom. The summed E-state index contributed by atoms with van der Waals surface area (Å²) in [4.78, 5) is 14.4. The van der Waals surface area contributed by atoms with Crippen LogP contribution in [-0.4, -0.2) is 38.1 Å². The van der Waals surface area contributed by atoms with E-state index in [0.29, 0.717) is 44.4 Å². The molecule has 1 rings (SSSR count). The van der Waals surface area contributed by atoms with Gasteiger partial charge in [-0.25, -0.2) is 0 Å². The fourth-order valence-corrected chi connectivity index (χ4v) is 18.2. The van der Waals surface area contributed by atoms with Gasteiger partial charge in [-0.1, -0.05) is 146 Å². The van der Waals surface area contributed by atoms with Gasteiger partial charge in [-0.05, 0) is 33.2 Å². The molecule has 1 aliphatic carbocycles. The lowest BCUT2D eigenvalue weighted by Gasteiger charge is -2.38. The van der Waals surface area contributed by atoms with Crippen LogP contribution in [0.5, 0.6) is 0 Å². The third-order valence-electron chi connectivity index (χ3n) is 8.87. The Balaban J connectivity index is 4.33. The predicted octanol–water partition coefficient (Wildman–Crippen LogP) is 10.4. The molecule has 0 N–H and O–H groups in total. The van der Waals surface area contributed by atoms with Gasteiger partial charge < -0.3 is 0 Å². The van der Waals surface area contributed by atoms with Gasteiger partial charge >= 0.3 is 0 Å². The van der Waals surface area contributed by atoms with Crippen molar-refractivity contribution in [3.8, 4) is 45.9 Å². The van der Waals surface area contributed by atoms with Crippen LogP contribution in [0.3, 0.4) is 0 Å². The first-order valence-corrected chi connectivity index (χ1v) is 27.6. The lowest BCUT2D eigenvalue weighted by atomic mass is 10.1. The van der Waals surface area contributed by atoms with Gasteiger partial charge in [-0.3, -0.25) is 4.79 Å². The second-order valence-electron chi connectivity index (χ2n) is 16.1. The van der Waals surface area contributed by atoms with E-state index < -0.39 is 32.3 Å². The molecule has 0 spiro atoms. The summed E-state index contributed by atoms with van der Waals surface area (Å²) < 4.78 is 0. The van der Waals surface area contributed by atoms with Gasteiger partial charge in [0.15, 0.2) is 0 Å². The van der Waals surface area contributed by atoms with Crippen LogP contribution in [0.15, 0.2) is 22.3 Å². The second-order valence-corrected chi connectivity index (χ2v) is 36.8. The fraction of sp³-hybridized carbons (Fsp3) is 0.649. The second kappa shape index (κ2) is 14.4. The van der Waals surface area contributed by atoms with Crippen LogP contribution in [0.1, 0.15) is 83.1 Å². The molecule has 1 aliphatic rings. The Hall–Kier alpha value is -1.74. The van der Waals surface area contributed by atoms with Gasteiger partial charge in [0.05, 0.1) is 22.3 Å². The molecule has 0 saturated heterocycles. The lowest BCUT2D eigenvalue weighted by Crippen LogP contribution is -2.43. The number of rotatable bonds is 6. The highest BCUT2D eigenvalue weighted by Gasteiger charge is 2.43. The normalized spacial score (nSPS) is 14.8. The maximum absolute atomic E-state index is 14.4. The van der Waals surface area contributed by atoms with Crippen molar-refractivity contribution in [3.63, 3.8) is 0 Å². The van der Waals surface area contributed by atoms with E-state index in [4.69, 9.17) is 0 Å². The smallest absolute Gasteiger partial charge is 0.212 e. The van der Waals surface area contributed by atoms with Crippen molar-refractivity contribution in [1.29, 1.82) is 0 Å². The summed E-state index contributed by atoms with van der Waals surface area (Å²) in [5.41, 5.74) is 20.1. The number of ketones is 1. The number of hydrogen-bond donors (Lipinski definition) is 0. The SMILES string of the molecule is CC(C)[Si](C#CC1=C(C#C[Si](C)(C)C)C(C#C[Si](C)(C)C)=C(C#C[Si](C(C)C)(C(C)C)C(C)C)C1=O)(C(C)C)C(C)C. The molecule has 42 heavy (non-hydrogen) atoms. The van der Waals surface area contributed by atoms with Crippen molar-refractivity contribution >= 4 is 38.1 Å². The first kappa shape index (κ1) is 38.3. The molecule has 0 fully saturated rings. The van der Waals surface area contributed by atoms with Gasteiger partial charge in [0.1, 0.15) is 32.3 Å². The van der Waals surface area contributed by atoms with Crippen LogP contribution in [0.25, 0.3) is 0 Å². The molecule has 0 aromatic carbocycles. The zero-order chi connectivity index (χ0) is 33.0. The molecule has 0 amide bonds. The highest BCUT2D eigenvalue weighted by atomic mass is 28.3. The average Bonchev–Trinajstić information content (AvgIpc) is 3.04. The molecular weight excluding hydrogens is 573 g/mol. The first-order valence-electron chi connectivity index (χ1n) is 16.1. The van der Waals surface area contributed by atoms with E-state index in [1.54, 1.807) is 0 Å². The molecule has 0 saturated carbocycles. The van der Waals surface area contributed by atoms with Crippen molar-refractivity contribution in [1.82, 2.24) is 0 Å². The van der Waals surface area contributed by atoms with E-state index in [0.717, 1.165) is 11.1 Å². The van der Waals surface area contributed by atoms with Crippen LogP contribution in [0.4, 0.5) is 0 Å². The van der Waals surface area contributed by atoms with Crippen molar-refractivity contribution in [2.45, 2.75) is 156 Å². The quantitative estimate of drug-likeness (QED) is 0.210. The first-order chi connectivity index (χ1) is 19.0. The van der Waals surface area contributed by atoms with Gasteiger partial charge in [-0.2, -0.15) is 0 Å². The zero-order valence-electron chi connectivity index (χ0n) is 30.4. The lowest BCUT2D eigenvalue weighted by molar-refractivity contribution is -0.111. The minimum absolute atomic E-state index is 0.0620. The number of hydrogen-bond acceptors (Lipinski definition) is 1. The van der Waals surface area contributed by atoms with Crippen LogP contribution in [0, 0.1) is 45.9 Å². The Kier molecular flexibility index (Phi) is 13.1. The van der Waals surface area contributed by atoms with Crippen LogP contribution in [-0.2, 0) is 4.79 Å². The molecule has 0 aromatic rings. The zero-order valence-corrected chi connectivity index (χ0v) is 34.4. The summed E-state index contributed by atoms with van der Waals surface area (Å²) >= 11 is 0. The molecule has 0 radical (unpaired) electrons. The van der Waals surface area contributed by atoms with Gasteiger partial charge in [0, 0.05) is 0 Å². The van der Waals surface area contributed by atoms with E-state index in [1.165, 1.54) is 0 Å². The van der Waals surface area contributed by atoms with Gasteiger partial charge in [-0.15, -0.1) is 22.2 Å². The third kappa shape index (κ3) is 8.67. The largest absolute Gasteiger partial charge is 0.287 e. The predicted molar refractivity (Wildman–Crippen MR) is 199 cm³/mol. The molecule has 0 unspecified atom stereocenters. The molecule has 0 atom stereocenters. The molecule has 0 aliphatic heterocycles. The minimum Gasteiger partial charge on any atom is -0.287 e. The van der Waals surface area contributed by atoms with Gasteiger partial charge in [0.25, 0.3) is 0 Å². The molecule has 0 aromatic heterocycles. The summed E-state index contributed by atoms with van der Waals surface area (Å²) in [6.07, 6.45) is 0. The van der Waals surface area contributed by atoms with E-state index >= 15 is 0 Å². The topological polar surface area (TPSA) is 17.1 Å². The number of carbonyl (C=O) groups excluding carboxylic acids is 1. The molecule has 5 heteroatoms. The summed E-state index contributed by atoms with van der Waals surface area (Å²) in [6.45, 7) is 41.2. The van der Waals surface area contributed by atoms with E-state index in [1.807, 2.05) is 0 Å². The van der Waals surface area contributed by atoms with Crippen molar-refractivity contribution in [2.75, 3.05) is 0 Å². The molecule has 1 nitrogen and oxygen atoms in total.